The maximum atomic E-state index is 12.1. The van der Waals surface area contributed by atoms with Gasteiger partial charge in [0.1, 0.15) is 5.78 Å². The molecule has 1 saturated carbocycles. The third-order valence-corrected chi connectivity index (χ3v) is 4.07. The highest BCUT2D eigenvalue weighted by Gasteiger charge is 2.35. The van der Waals surface area contributed by atoms with Crippen molar-refractivity contribution < 1.29 is 4.79 Å². The van der Waals surface area contributed by atoms with Gasteiger partial charge in [-0.1, -0.05) is 51.1 Å². The summed E-state index contributed by atoms with van der Waals surface area (Å²) in [7, 11) is 0. The van der Waals surface area contributed by atoms with Gasteiger partial charge in [-0.25, -0.2) is 0 Å². The minimum atomic E-state index is 0.133. The third-order valence-electron chi connectivity index (χ3n) is 4.07. The van der Waals surface area contributed by atoms with E-state index in [0.29, 0.717) is 17.1 Å². The van der Waals surface area contributed by atoms with Gasteiger partial charge in [0.2, 0.25) is 0 Å². The van der Waals surface area contributed by atoms with Crippen LogP contribution in [0.3, 0.4) is 0 Å². The van der Waals surface area contributed by atoms with Gasteiger partial charge in [0.25, 0.3) is 0 Å². The largest absolute Gasteiger partial charge is 0.299 e. The maximum Gasteiger partial charge on any atom is 0.140 e. The van der Waals surface area contributed by atoms with E-state index in [4.69, 9.17) is 0 Å². The second-order valence-corrected chi connectivity index (χ2v) is 6.27. The summed E-state index contributed by atoms with van der Waals surface area (Å²) in [6.07, 6.45) is 2.83. The number of hydrogen-bond acceptors (Lipinski definition) is 1. The van der Waals surface area contributed by atoms with Crippen molar-refractivity contribution in [1.29, 1.82) is 0 Å². The summed E-state index contributed by atoms with van der Waals surface area (Å²) in [5.41, 5.74) is 1.51. The molecular formula is C16H22O. The third kappa shape index (κ3) is 2.77. The van der Waals surface area contributed by atoms with E-state index < -0.39 is 0 Å². The molecule has 1 fully saturated rings. The zero-order valence-corrected chi connectivity index (χ0v) is 11.1. The molecule has 17 heavy (non-hydrogen) atoms. The van der Waals surface area contributed by atoms with E-state index in [1.165, 1.54) is 5.56 Å². The predicted molar refractivity (Wildman–Crippen MR) is 71.0 cm³/mol. The predicted octanol–water partition coefficient (Wildman–Crippen LogP) is 4.19. The lowest BCUT2D eigenvalue weighted by Crippen LogP contribution is -2.30. The number of rotatable bonds is 1. The molecule has 0 heterocycles. The van der Waals surface area contributed by atoms with Crippen LogP contribution < -0.4 is 0 Å². The number of Topliss-reactive ketones (excluding diaryl/α,β-unsaturated/α-hetero) is 1. The molecule has 2 unspecified atom stereocenters. The standard InChI is InChI=1S/C16H22O/c1-16(2,3)13-9-10-15(17)14(11-13)12-7-5-4-6-8-12/h4-8,13-14H,9-11H2,1-3H3. The molecule has 1 aliphatic rings. The minimum absolute atomic E-state index is 0.133. The Morgan fingerprint density at radius 1 is 1.12 bits per heavy atom. The molecule has 0 saturated heterocycles. The summed E-state index contributed by atoms with van der Waals surface area (Å²) in [4.78, 5) is 12.1. The van der Waals surface area contributed by atoms with Crippen molar-refractivity contribution in [3.8, 4) is 0 Å². The molecule has 0 spiro atoms. The fourth-order valence-electron chi connectivity index (χ4n) is 2.82. The van der Waals surface area contributed by atoms with E-state index in [0.717, 1.165) is 19.3 Å². The fraction of sp³-hybridized carbons (Fsp3) is 0.562. The van der Waals surface area contributed by atoms with Crippen molar-refractivity contribution in [1.82, 2.24) is 0 Å². The Bertz CT molecular complexity index is 386. The topological polar surface area (TPSA) is 17.1 Å². The van der Waals surface area contributed by atoms with Crippen molar-refractivity contribution in [2.75, 3.05) is 0 Å². The highest BCUT2D eigenvalue weighted by atomic mass is 16.1. The van der Waals surface area contributed by atoms with Gasteiger partial charge >= 0.3 is 0 Å². The Morgan fingerprint density at radius 2 is 1.76 bits per heavy atom. The average molecular weight is 230 g/mol. The molecule has 1 aromatic carbocycles. The van der Waals surface area contributed by atoms with Gasteiger partial charge in [-0.15, -0.1) is 0 Å². The molecule has 0 radical (unpaired) electrons. The Balaban J connectivity index is 2.19. The quantitative estimate of drug-likeness (QED) is 0.707. The first-order valence-electron chi connectivity index (χ1n) is 6.56. The van der Waals surface area contributed by atoms with Crippen molar-refractivity contribution >= 4 is 5.78 Å². The highest BCUT2D eigenvalue weighted by Crippen LogP contribution is 2.42. The molecule has 1 nitrogen and oxygen atoms in total. The fourth-order valence-corrected chi connectivity index (χ4v) is 2.82. The van der Waals surface area contributed by atoms with E-state index in [9.17, 15) is 4.79 Å². The molecular weight excluding hydrogens is 208 g/mol. The molecule has 92 valence electrons. The Labute approximate surface area is 104 Å². The number of carbonyl (C=O) groups excluding carboxylic acids is 1. The van der Waals surface area contributed by atoms with E-state index in [-0.39, 0.29) is 5.92 Å². The molecule has 2 rings (SSSR count). The average Bonchev–Trinajstić information content (AvgIpc) is 2.29. The number of carbonyl (C=O) groups is 1. The molecule has 1 aromatic rings. The number of ketones is 1. The van der Waals surface area contributed by atoms with E-state index in [1.54, 1.807) is 0 Å². The van der Waals surface area contributed by atoms with Gasteiger partial charge in [-0.05, 0) is 29.7 Å². The first kappa shape index (κ1) is 12.3. The lowest BCUT2D eigenvalue weighted by atomic mass is 9.67. The van der Waals surface area contributed by atoms with Crippen LogP contribution in [0.1, 0.15) is 51.5 Å². The van der Waals surface area contributed by atoms with Crippen LogP contribution >= 0.6 is 0 Å². The van der Waals surface area contributed by atoms with Gasteiger partial charge in [-0.2, -0.15) is 0 Å². The summed E-state index contributed by atoms with van der Waals surface area (Å²) in [6, 6.07) is 10.3. The zero-order valence-electron chi connectivity index (χ0n) is 11.1. The molecule has 0 aliphatic heterocycles. The zero-order chi connectivity index (χ0) is 12.5. The van der Waals surface area contributed by atoms with Crippen LogP contribution in [-0.2, 0) is 4.79 Å². The maximum absolute atomic E-state index is 12.1. The second-order valence-electron chi connectivity index (χ2n) is 6.27. The Kier molecular flexibility index (Phi) is 3.37. The van der Waals surface area contributed by atoms with Crippen LogP contribution in [0.25, 0.3) is 0 Å². The van der Waals surface area contributed by atoms with Crippen molar-refractivity contribution in [3.05, 3.63) is 35.9 Å². The van der Waals surface area contributed by atoms with Gasteiger partial charge in [-0.3, -0.25) is 4.79 Å². The van der Waals surface area contributed by atoms with Gasteiger partial charge < -0.3 is 0 Å². The Hall–Kier alpha value is -1.11. The SMILES string of the molecule is CC(C)(C)C1CCC(=O)C(c2ccccc2)C1. The monoisotopic (exact) mass is 230 g/mol. The van der Waals surface area contributed by atoms with E-state index >= 15 is 0 Å². The van der Waals surface area contributed by atoms with Crippen molar-refractivity contribution in [2.45, 2.75) is 46.0 Å². The molecule has 1 heteroatoms. The summed E-state index contributed by atoms with van der Waals surface area (Å²) >= 11 is 0. The number of hydrogen-bond donors (Lipinski definition) is 0. The summed E-state index contributed by atoms with van der Waals surface area (Å²) in [5.74, 6) is 1.22. The first-order chi connectivity index (χ1) is 7.98. The van der Waals surface area contributed by atoms with Crippen LogP contribution in [0, 0.1) is 11.3 Å². The van der Waals surface area contributed by atoms with Crippen LogP contribution in [0.4, 0.5) is 0 Å². The lowest BCUT2D eigenvalue weighted by Gasteiger charge is -2.37. The van der Waals surface area contributed by atoms with Crippen LogP contribution in [-0.4, -0.2) is 5.78 Å². The molecule has 1 aliphatic carbocycles. The molecule has 0 amide bonds. The smallest absolute Gasteiger partial charge is 0.140 e. The summed E-state index contributed by atoms with van der Waals surface area (Å²) in [6.45, 7) is 6.86. The molecule has 0 bridgehead atoms. The highest BCUT2D eigenvalue weighted by molar-refractivity contribution is 5.86. The van der Waals surface area contributed by atoms with Crippen molar-refractivity contribution in [2.24, 2.45) is 11.3 Å². The van der Waals surface area contributed by atoms with E-state index in [1.807, 2.05) is 18.2 Å². The second kappa shape index (κ2) is 4.64. The van der Waals surface area contributed by atoms with Gasteiger partial charge in [0.15, 0.2) is 0 Å². The summed E-state index contributed by atoms with van der Waals surface area (Å²) in [5, 5.41) is 0. The molecule has 0 N–H and O–H groups in total. The van der Waals surface area contributed by atoms with Crippen LogP contribution in [0.15, 0.2) is 30.3 Å². The Morgan fingerprint density at radius 3 is 2.35 bits per heavy atom. The normalized spacial score (nSPS) is 25.9. The molecule has 2 atom stereocenters. The van der Waals surface area contributed by atoms with Gasteiger partial charge in [0, 0.05) is 12.3 Å². The van der Waals surface area contributed by atoms with Gasteiger partial charge in [0.05, 0.1) is 0 Å². The summed E-state index contributed by atoms with van der Waals surface area (Å²) < 4.78 is 0. The minimum Gasteiger partial charge on any atom is -0.299 e. The molecule has 0 aromatic heterocycles. The van der Waals surface area contributed by atoms with Crippen LogP contribution in [0.2, 0.25) is 0 Å². The van der Waals surface area contributed by atoms with Crippen LogP contribution in [0.5, 0.6) is 0 Å². The number of benzene rings is 1. The van der Waals surface area contributed by atoms with E-state index in [2.05, 4.69) is 32.9 Å². The first-order valence-corrected chi connectivity index (χ1v) is 6.56. The lowest BCUT2D eigenvalue weighted by molar-refractivity contribution is -0.123. The van der Waals surface area contributed by atoms with Crippen molar-refractivity contribution in [3.63, 3.8) is 0 Å².